The molecule has 17 heavy (non-hydrogen) atoms. The molecule has 2 N–H and O–H groups in total. The van der Waals surface area contributed by atoms with Gasteiger partial charge in [-0.05, 0) is 18.6 Å². The number of benzene rings is 1. The van der Waals surface area contributed by atoms with E-state index in [1.54, 1.807) is 0 Å². The lowest BCUT2D eigenvalue weighted by atomic mass is 10.2. The molecule has 0 saturated carbocycles. The van der Waals surface area contributed by atoms with E-state index in [0.29, 0.717) is 0 Å². The molecular formula is C12H16F3NO. The zero-order chi connectivity index (χ0) is 12.9. The standard InChI is InChI=1S/C12H16F3NO/c1-2-5-9(16)8-17-11-7-4-3-6-10(11)12(13,14)15/h3-4,6-7,9H,2,5,8,16H2,1H3. The van der Waals surface area contributed by atoms with E-state index in [-0.39, 0.29) is 18.4 Å². The van der Waals surface area contributed by atoms with Crippen LogP contribution in [-0.4, -0.2) is 12.6 Å². The van der Waals surface area contributed by atoms with Crippen molar-refractivity contribution in [1.29, 1.82) is 0 Å². The van der Waals surface area contributed by atoms with E-state index in [4.69, 9.17) is 10.5 Å². The Hall–Kier alpha value is -1.23. The number of hydrogen-bond donors (Lipinski definition) is 1. The molecule has 0 fully saturated rings. The summed E-state index contributed by atoms with van der Waals surface area (Å²) in [6, 6.07) is 4.92. The summed E-state index contributed by atoms with van der Waals surface area (Å²) < 4.78 is 43.0. The van der Waals surface area contributed by atoms with Gasteiger partial charge < -0.3 is 10.5 Å². The van der Waals surface area contributed by atoms with Gasteiger partial charge in [-0.2, -0.15) is 13.2 Å². The van der Waals surface area contributed by atoms with Gasteiger partial charge >= 0.3 is 6.18 Å². The molecule has 0 spiro atoms. The number of rotatable bonds is 5. The van der Waals surface area contributed by atoms with Gasteiger partial charge in [0.15, 0.2) is 0 Å². The third-order valence-electron chi connectivity index (χ3n) is 2.30. The van der Waals surface area contributed by atoms with Crippen molar-refractivity contribution in [2.75, 3.05) is 6.61 Å². The Morgan fingerprint density at radius 3 is 2.53 bits per heavy atom. The summed E-state index contributed by atoms with van der Waals surface area (Å²) in [6.07, 6.45) is -2.79. The molecule has 2 nitrogen and oxygen atoms in total. The molecule has 1 unspecified atom stereocenters. The van der Waals surface area contributed by atoms with Crippen LogP contribution in [0, 0.1) is 0 Å². The van der Waals surface area contributed by atoms with E-state index in [9.17, 15) is 13.2 Å². The molecule has 0 aliphatic carbocycles. The lowest BCUT2D eigenvalue weighted by Crippen LogP contribution is -2.28. The molecule has 1 aromatic rings. The highest BCUT2D eigenvalue weighted by Gasteiger charge is 2.34. The zero-order valence-corrected chi connectivity index (χ0v) is 9.63. The van der Waals surface area contributed by atoms with Crippen molar-refractivity contribution in [3.8, 4) is 5.75 Å². The summed E-state index contributed by atoms with van der Waals surface area (Å²) in [5.41, 5.74) is 4.92. The fraction of sp³-hybridized carbons (Fsp3) is 0.500. The average Bonchev–Trinajstić information content (AvgIpc) is 2.26. The van der Waals surface area contributed by atoms with Gasteiger partial charge in [-0.1, -0.05) is 25.5 Å². The second-order valence-electron chi connectivity index (χ2n) is 3.85. The fourth-order valence-corrected chi connectivity index (χ4v) is 1.48. The first-order valence-electron chi connectivity index (χ1n) is 5.49. The van der Waals surface area contributed by atoms with Crippen LogP contribution in [0.3, 0.4) is 0 Å². The first-order valence-corrected chi connectivity index (χ1v) is 5.49. The van der Waals surface area contributed by atoms with Crippen LogP contribution in [0.2, 0.25) is 0 Å². The highest BCUT2D eigenvalue weighted by atomic mass is 19.4. The number of ether oxygens (including phenoxy) is 1. The molecule has 1 atom stereocenters. The normalized spacial score (nSPS) is 13.5. The summed E-state index contributed by atoms with van der Waals surface area (Å²) in [6.45, 7) is 2.06. The molecule has 0 aliphatic heterocycles. The number of alkyl halides is 3. The monoisotopic (exact) mass is 247 g/mol. The van der Waals surface area contributed by atoms with Crippen LogP contribution in [0.25, 0.3) is 0 Å². The zero-order valence-electron chi connectivity index (χ0n) is 9.63. The minimum absolute atomic E-state index is 0.0981. The number of halogens is 3. The number of para-hydroxylation sites is 1. The lowest BCUT2D eigenvalue weighted by Gasteiger charge is -2.16. The van der Waals surface area contributed by atoms with Gasteiger partial charge in [-0.15, -0.1) is 0 Å². The maximum absolute atomic E-state index is 12.6. The maximum Gasteiger partial charge on any atom is 0.419 e. The fourth-order valence-electron chi connectivity index (χ4n) is 1.48. The molecule has 0 aliphatic rings. The Bertz CT molecular complexity index is 352. The van der Waals surface area contributed by atoms with Crippen molar-refractivity contribution in [2.24, 2.45) is 5.73 Å². The van der Waals surface area contributed by atoms with Crippen molar-refractivity contribution >= 4 is 0 Å². The largest absolute Gasteiger partial charge is 0.491 e. The third-order valence-corrected chi connectivity index (χ3v) is 2.30. The predicted molar refractivity (Wildman–Crippen MR) is 59.8 cm³/mol. The van der Waals surface area contributed by atoms with Gasteiger partial charge in [-0.3, -0.25) is 0 Å². The second-order valence-corrected chi connectivity index (χ2v) is 3.85. The van der Waals surface area contributed by atoms with E-state index in [2.05, 4.69) is 0 Å². The molecule has 0 radical (unpaired) electrons. The topological polar surface area (TPSA) is 35.2 Å². The Kier molecular flexibility index (Phi) is 4.81. The molecular weight excluding hydrogens is 231 g/mol. The second kappa shape index (κ2) is 5.91. The van der Waals surface area contributed by atoms with Crippen molar-refractivity contribution in [3.63, 3.8) is 0 Å². The van der Waals surface area contributed by atoms with Gasteiger partial charge in [-0.25, -0.2) is 0 Å². The molecule has 0 amide bonds. The first kappa shape index (κ1) is 13.8. The molecule has 96 valence electrons. The average molecular weight is 247 g/mol. The summed E-state index contributed by atoms with van der Waals surface area (Å²) in [4.78, 5) is 0. The van der Waals surface area contributed by atoms with E-state index in [0.717, 1.165) is 18.9 Å². The SMILES string of the molecule is CCCC(N)COc1ccccc1C(F)(F)F. The van der Waals surface area contributed by atoms with Crippen LogP contribution in [0.15, 0.2) is 24.3 Å². The highest BCUT2D eigenvalue weighted by molar-refractivity contribution is 5.35. The summed E-state index contributed by atoms with van der Waals surface area (Å²) in [7, 11) is 0. The molecule has 1 aromatic carbocycles. The van der Waals surface area contributed by atoms with Gasteiger partial charge in [0, 0.05) is 6.04 Å². The van der Waals surface area contributed by atoms with E-state index >= 15 is 0 Å². The minimum atomic E-state index is -4.40. The van der Waals surface area contributed by atoms with Crippen LogP contribution in [0.5, 0.6) is 5.75 Å². The van der Waals surface area contributed by atoms with Gasteiger partial charge in [0.25, 0.3) is 0 Å². The maximum atomic E-state index is 12.6. The molecule has 0 saturated heterocycles. The van der Waals surface area contributed by atoms with Gasteiger partial charge in [0.2, 0.25) is 0 Å². The Morgan fingerprint density at radius 2 is 1.94 bits per heavy atom. The molecule has 0 bridgehead atoms. The molecule has 5 heteroatoms. The summed E-state index contributed by atoms with van der Waals surface area (Å²) >= 11 is 0. The Labute approximate surface area is 98.6 Å². The molecule has 1 rings (SSSR count). The van der Waals surface area contributed by atoms with Crippen molar-refractivity contribution in [3.05, 3.63) is 29.8 Å². The Morgan fingerprint density at radius 1 is 1.29 bits per heavy atom. The minimum Gasteiger partial charge on any atom is -0.491 e. The van der Waals surface area contributed by atoms with Crippen LogP contribution >= 0.6 is 0 Å². The number of nitrogens with two attached hydrogens (primary N) is 1. The Balaban J connectivity index is 2.71. The summed E-state index contributed by atoms with van der Waals surface area (Å²) in [5.74, 6) is -0.161. The van der Waals surface area contributed by atoms with Crippen LogP contribution in [0.4, 0.5) is 13.2 Å². The molecule has 0 heterocycles. The van der Waals surface area contributed by atoms with E-state index in [1.807, 2.05) is 6.92 Å². The van der Waals surface area contributed by atoms with Crippen molar-refractivity contribution in [2.45, 2.75) is 32.0 Å². The van der Waals surface area contributed by atoms with Crippen molar-refractivity contribution < 1.29 is 17.9 Å². The van der Waals surface area contributed by atoms with Crippen LogP contribution in [-0.2, 0) is 6.18 Å². The first-order chi connectivity index (χ1) is 7.95. The molecule has 0 aromatic heterocycles. The van der Waals surface area contributed by atoms with Gasteiger partial charge in [0.1, 0.15) is 12.4 Å². The van der Waals surface area contributed by atoms with E-state index < -0.39 is 11.7 Å². The van der Waals surface area contributed by atoms with Crippen LogP contribution in [0.1, 0.15) is 25.3 Å². The number of hydrogen-bond acceptors (Lipinski definition) is 2. The van der Waals surface area contributed by atoms with E-state index in [1.165, 1.54) is 18.2 Å². The lowest BCUT2D eigenvalue weighted by molar-refractivity contribution is -0.139. The quantitative estimate of drug-likeness (QED) is 0.867. The highest BCUT2D eigenvalue weighted by Crippen LogP contribution is 2.35. The van der Waals surface area contributed by atoms with Crippen molar-refractivity contribution in [1.82, 2.24) is 0 Å². The van der Waals surface area contributed by atoms with Gasteiger partial charge in [0.05, 0.1) is 5.56 Å². The predicted octanol–water partition coefficient (Wildman–Crippen LogP) is 3.21. The third kappa shape index (κ3) is 4.26. The summed E-state index contributed by atoms with van der Waals surface area (Å²) in [5, 5.41) is 0. The van der Waals surface area contributed by atoms with Crippen LogP contribution < -0.4 is 10.5 Å². The smallest absolute Gasteiger partial charge is 0.419 e.